The molecule has 0 amide bonds. The summed E-state index contributed by atoms with van der Waals surface area (Å²) < 4.78 is 18.8. The number of rotatable bonds is 3. The molecule has 0 atom stereocenters. The van der Waals surface area contributed by atoms with Gasteiger partial charge in [0.15, 0.2) is 0 Å². The average molecular weight is 265 g/mol. The summed E-state index contributed by atoms with van der Waals surface area (Å²) in [4.78, 5) is 13.5. The highest BCUT2D eigenvalue weighted by atomic mass is 19.1. The minimum Gasteiger partial charge on any atom is -0.481 e. The molecule has 1 N–H and O–H groups in total. The molecule has 1 aromatic rings. The number of carboxylic acids is 1. The van der Waals surface area contributed by atoms with Crippen molar-refractivity contribution < 1.29 is 19.0 Å². The molecular formula is C14H16FNO3. The van der Waals surface area contributed by atoms with Gasteiger partial charge in [-0.05, 0) is 36.6 Å². The zero-order chi connectivity index (χ0) is 13.5. The molecule has 1 aliphatic heterocycles. The molecule has 4 nitrogen and oxygen atoms in total. The van der Waals surface area contributed by atoms with Crippen LogP contribution in [0.4, 0.5) is 10.1 Å². The summed E-state index contributed by atoms with van der Waals surface area (Å²) in [5, 5.41) is 9.41. The molecule has 0 radical (unpaired) electrons. The minimum absolute atomic E-state index is 0.375. The molecule has 3 rings (SSSR count). The maximum Gasteiger partial charge on any atom is 0.314 e. The van der Waals surface area contributed by atoms with E-state index < -0.39 is 11.4 Å². The number of hydrogen-bond acceptors (Lipinski definition) is 3. The highest BCUT2D eigenvalue weighted by Crippen LogP contribution is 2.51. The Morgan fingerprint density at radius 2 is 2.00 bits per heavy atom. The van der Waals surface area contributed by atoms with Gasteiger partial charge < -0.3 is 14.7 Å². The quantitative estimate of drug-likeness (QED) is 0.905. The number of aliphatic carboxylic acids is 1. The molecular weight excluding hydrogens is 249 g/mol. The Morgan fingerprint density at radius 1 is 1.32 bits per heavy atom. The predicted octanol–water partition coefficient (Wildman–Crippen LogP) is 1.78. The Hall–Kier alpha value is -1.62. The molecule has 102 valence electrons. The van der Waals surface area contributed by atoms with Crippen molar-refractivity contribution in [1.29, 1.82) is 0 Å². The largest absolute Gasteiger partial charge is 0.481 e. The van der Waals surface area contributed by atoms with Gasteiger partial charge in [0.05, 0.1) is 18.6 Å². The Morgan fingerprint density at radius 3 is 2.58 bits per heavy atom. The summed E-state index contributed by atoms with van der Waals surface area (Å²) in [5.41, 5.74) is 0.571. The molecule has 1 heterocycles. The van der Waals surface area contributed by atoms with E-state index in [1.165, 1.54) is 12.1 Å². The van der Waals surface area contributed by atoms with Crippen molar-refractivity contribution >= 4 is 11.7 Å². The maximum atomic E-state index is 13.5. The molecule has 0 spiro atoms. The van der Waals surface area contributed by atoms with Gasteiger partial charge in [0.2, 0.25) is 0 Å². The highest BCUT2D eigenvalue weighted by molar-refractivity contribution is 5.87. The van der Waals surface area contributed by atoms with E-state index in [9.17, 15) is 14.3 Å². The number of anilines is 1. The molecule has 2 aliphatic rings. The zero-order valence-corrected chi connectivity index (χ0v) is 10.6. The van der Waals surface area contributed by atoms with E-state index in [0.29, 0.717) is 44.7 Å². The lowest BCUT2D eigenvalue weighted by molar-refractivity contribution is -0.140. The average Bonchev–Trinajstić information content (AvgIpc) is 3.21. The first-order valence-electron chi connectivity index (χ1n) is 6.50. The van der Waals surface area contributed by atoms with Crippen molar-refractivity contribution in [2.75, 3.05) is 31.2 Å². The fourth-order valence-electron chi connectivity index (χ4n) is 2.69. The van der Waals surface area contributed by atoms with E-state index in [-0.39, 0.29) is 5.82 Å². The lowest BCUT2D eigenvalue weighted by Crippen LogP contribution is -2.38. The van der Waals surface area contributed by atoms with Crippen LogP contribution in [0.2, 0.25) is 0 Å². The van der Waals surface area contributed by atoms with Crippen LogP contribution >= 0.6 is 0 Å². The van der Waals surface area contributed by atoms with Crippen LogP contribution in [0.3, 0.4) is 0 Å². The molecule has 0 unspecified atom stereocenters. The van der Waals surface area contributed by atoms with E-state index in [1.807, 2.05) is 0 Å². The first kappa shape index (κ1) is 12.4. The van der Waals surface area contributed by atoms with Gasteiger partial charge in [-0.1, -0.05) is 0 Å². The number of hydrogen-bond donors (Lipinski definition) is 1. The maximum absolute atomic E-state index is 13.5. The third-order valence-electron chi connectivity index (χ3n) is 3.99. The summed E-state index contributed by atoms with van der Waals surface area (Å²) in [6.07, 6.45) is 1.17. The molecule has 1 saturated heterocycles. The second-order valence-corrected chi connectivity index (χ2v) is 5.15. The van der Waals surface area contributed by atoms with Crippen molar-refractivity contribution in [2.24, 2.45) is 0 Å². The molecule has 0 bridgehead atoms. The molecule has 19 heavy (non-hydrogen) atoms. The summed E-state index contributed by atoms with van der Waals surface area (Å²) in [7, 11) is 0. The normalized spacial score (nSPS) is 21.2. The topological polar surface area (TPSA) is 49.8 Å². The van der Waals surface area contributed by atoms with Crippen LogP contribution in [0.25, 0.3) is 0 Å². The van der Waals surface area contributed by atoms with Crippen molar-refractivity contribution in [3.8, 4) is 0 Å². The van der Waals surface area contributed by atoms with E-state index in [4.69, 9.17) is 4.74 Å². The smallest absolute Gasteiger partial charge is 0.314 e. The monoisotopic (exact) mass is 265 g/mol. The SMILES string of the molecule is O=C(O)C1(c2cc(F)ccc2N2CCOCC2)CC1. The molecule has 0 aromatic heterocycles. The summed E-state index contributed by atoms with van der Waals surface area (Å²) in [6.45, 7) is 2.68. The molecule has 5 heteroatoms. The standard InChI is InChI=1S/C14H16FNO3/c15-10-1-2-12(16-5-7-19-8-6-16)11(9-10)14(3-4-14)13(17)18/h1-2,9H,3-8H2,(H,17,18). The Bertz CT molecular complexity index is 507. The lowest BCUT2D eigenvalue weighted by atomic mass is 9.93. The second-order valence-electron chi connectivity index (χ2n) is 5.15. The van der Waals surface area contributed by atoms with E-state index in [2.05, 4.69) is 4.90 Å². The highest BCUT2D eigenvalue weighted by Gasteiger charge is 2.53. The minimum atomic E-state index is -0.879. The number of morpholine rings is 1. The van der Waals surface area contributed by atoms with E-state index in [1.54, 1.807) is 6.07 Å². The van der Waals surface area contributed by atoms with Crippen LogP contribution in [0, 0.1) is 5.82 Å². The second kappa shape index (κ2) is 4.49. The predicted molar refractivity (Wildman–Crippen MR) is 68.0 cm³/mol. The van der Waals surface area contributed by atoms with Crippen molar-refractivity contribution in [3.05, 3.63) is 29.6 Å². The first-order valence-corrected chi connectivity index (χ1v) is 6.50. The fourth-order valence-corrected chi connectivity index (χ4v) is 2.69. The van der Waals surface area contributed by atoms with Crippen LogP contribution in [0.5, 0.6) is 0 Å². The number of carbonyl (C=O) groups is 1. The van der Waals surface area contributed by atoms with Gasteiger partial charge in [-0.2, -0.15) is 0 Å². The number of carboxylic acid groups (broad SMARTS) is 1. The molecule has 2 fully saturated rings. The van der Waals surface area contributed by atoms with E-state index >= 15 is 0 Å². The van der Waals surface area contributed by atoms with Gasteiger partial charge in [0.25, 0.3) is 0 Å². The van der Waals surface area contributed by atoms with Crippen LogP contribution in [-0.2, 0) is 14.9 Å². The van der Waals surface area contributed by atoms with Gasteiger partial charge in [-0.15, -0.1) is 0 Å². The van der Waals surface area contributed by atoms with Gasteiger partial charge >= 0.3 is 5.97 Å². The van der Waals surface area contributed by atoms with Gasteiger partial charge in [-0.25, -0.2) is 4.39 Å². The Labute approximate surface area is 110 Å². The molecule has 1 saturated carbocycles. The summed E-state index contributed by atoms with van der Waals surface area (Å²) in [6, 6.07) is 4.47. The van der Waals surface area contributed by atoms with E-state index in [0.717, 1.165) is 5.69 Å². The zero-order valence-electron chi connectivity index (χ0n) is 10.6. The third-order valence-corrected chi connectivity index (χ3v) is 3.99. The van der Waals surface area contributed by atoms with Crippen molar-refractivity contribution in [3.63, 3.8) is 0 Å². The number of benzene rings is 1. The summed E-state index contributed by atoms with van der Waals surface area (Å²) in [5.74, 6) is -1.23. The number of ether oxygens (including phenoxy) is 1. The van der Waals surface area contributed by atoms with Gasteiger partial charge in [0, 0.05) is 18.8 Å². The Balaban J connectivity index is 2.02. The van der Waals surface area contributed by atoms with Crippen LogP contribution in [0.15, 0.2) is 18.2 Å². The van der Waals surface area contributed by atoms with Gasteiger partial charge in [0.1, 0.15) is 5.82 Å². The third kappa shape index (κ3) is 2.08. The van der Waals surface area contributed by atoms with Crippen LogP contribution in [-0.4, -0.2) is 37.4 Å². The van der Waals surface area contributed by atoms with Gasteiger partial charge in [-0.3, -0.25) is 4.79 Å². The van der Waals surface area contributed by atoms with Crippen molar-refractivity contribution in [1.82, 2.24) is 0 Å². The fraction of sp³-hybridized carbons (Fsp3) is 0.500. The lowest BCUT2D eigenvalue weighted by Gasteiger charge is -2.32. The number of halogens is 1. The Kier molecular flexibility index (Phi) is 2.93. The summed E-state index contributed by atoms with van der Waals surface area (Å²) >= 11 is 0. The van der Waals surface area contributed by atoms with Crippen LogP contribution < -0.4 is 4.90 Å². The number of nitrogens with zero attached hydrogens (tertiary/aromatic N) is 1. The molecule has 1 aliphatic carbocycles. The van der Waals surface area contributed by atoms with Crippen molar-refractivity contribution in [2.45, 2.75) is 18.3 Å². The van der Waals surface area contributed by atoms with Crippen LogP contribution in [0.1, 0.15) is 18.4 Å². The first-order chi connectivity index (χ1) is 9.13. The molecule has 1 aromatic carbocycles.